The Balaban J connectivity index is 1.42. The number of benzene rings is 1. The molecule has 2 fully saturated rings. The summed E-state index contributed by atoms with van der Waals surface area (Å²) in [6.45, 7) is 1.80. The molecule has 1 saturated heterocycles. The summed E-state index contributed by atoms with van der Waals surface area (Å²) in [6.07, 6.45) is 6.81. The van der Waals surface area contributed by atoms with E-state index >= 15 is 0 Å². The van der Waals surface area contributed by atoms with E-state index < -0.39 is 10.0 Å². The topological polar surface area (TPSA) is 114 Å². The number of carbonyl (C=O) groups excluding carboxylic acids is 2. The lowest BCUT2D eigenvalue weighted by Gasteiger charge is -2.42. The van der Waals surface area contributed by atoms with E-state index in [-0.39, 0.29) is 48.5 Å². The normalized spacial score (nSPS) is 25.9. The maximum absolute atomic E-state index is 13.3. The summed E-state index contributed by atoms with van der Waals surface area (Å²) in [6, 6.07) is 4.79. The Morgan fingerprint density at radius 3 is 2.65 bits per heavy atom. The number of carbonyl (C=O) groups is 2. The van der Waals surface area contributed by atoms with Gasteiger partial charge in [0.05, 0.1) is 29.9 Å². The van der Waals surface area contributed by atoms with E-state index in [0.717, 1.165) is 12.8 Å². The standard InChI is InChI=1S/C24H35N3O6S/c1-3-34(30,31)26-17-9-12-21-19(13-17)24(29)27(2)20-11-10-18(33-22(20)15-32-21)14-23(28)25-16-7-5-4-6-8-16/h9,12-13,16,18,20,22,26H,3-8,10-11,14-15H2,1-2H3,(H,25,28)/t18-,20-,22+/m0/s1. The van der Waals surface area contributed by atoms with Gasteiger partial charge in [0.15, 0.2) is 0 Å². The molecule has 0 radical (unpaired) electrons. The van der Waals surface area contributed by atoms with Crippen molar-refractivity contribution >= 4 is 27.5 Å². The highest BCUT2D eigenvalue weighted by molar-refractivity contribution is 7.92. The molecule has 1 aliphatic carbocycles. The van der Waals surface area contributed by atoms with E-state index in [2.05, 4.69) is 10.0 Å². The van der Waals surface area contributed by atoms with Gasteiger partial charge in [-0.25, -0.2) is 8.42 Å². The first kappa shape index (κ1) is 24.8. The van der Waals surface area contributed by atoms with Gasteiger partial charge in [0.1, 0.15) is 18.5 Å². The Morgan fingerprint density at radius 2 is 1.91 bits per heavy atom. The molecule has 3 atom stereocenters. The smallest absolute Gasteiger partial charge is 0.257 e. The van der Waals surface area contributed by atoms with Gasteiger partial charge in [-0.1, -0.05) is 19.3 Å². The van der Waals surface area contributed by atoms with Crippen molar-refractivity contribution < 1.29 is 27.5 Å². The van der Waals surface area contributed by atoms with Crippen molar-refractivity contribution in [2.75, 3.05) is 24.1 Å². The molecule has 2 heterocycles. The fraction of sp³-hybridized carbons (Fsp3) is 0.667. The van der Waals surface area contributed by atoms with E-state index in [1.165, 1.54) is 25.3 Å². The van der Waals surface area contributed by atoms with Crippen LogP contribution < -0.4 is 14.8 Å². The lowest BCUT2D eigenvalue weighted by molar-refractivity contribution is -0.134. The molecule has 1 saturated carbocycles. The summed E-state index contributed by atoms with van der Waals surface area (Å²) in [5.74, 6) is 0.101. The van der Waals surface area contributed by atoms with Crippen LogP contribution in [0.3, 0.4) is 0 Å². The molecule has 2 amide bonds. The van der Waals surface area contributed by atoms with Crippen LogP contribution in [0.25, 0.3) is 0 Å². The molecular formula is C24H35N3O6S. The van der Waals surface area contributed by atoms with Gasteiger partial charge in [-0.15, -0.1) is 0 Å². The predicted molar refractivity (Wildman–Crippen MR) is 128 cm³/mol. The minimum absolute atomic E-state index is 0.0268. The van der Waals surface area contributed by atoms with Crippen LogP contribution in [0.15, 0.2) is 18.2 Å². The van der Waals surface area contributed by atoms with Crippen LogP contribution in [0.5, 0.6) is 5.75 Å². The van der Waals surface area contributed by atoms with Gasteiger partial charge < -0.3 is 19.7 Å². The zero-order valence-electron chi connectivity index (χ0n) is 19.9. The first-order chi connectivity index (χ1) is 16.3. The summed E-state index contributed by atoms with van der Waals surface area (Å²) < 4.78 is 38.5. The van der Waals surface area contributed by atoms with Crippen molar-refractivity contribution in [1.29, 1.82) is 0 Å². The summed E-state index contributed by atoms with van der Waals surface area (Å²) in [7, 11) is -1.73. The van der Waals surface area contributed by atoms with E-state index in [1.807, 2.05) is 0 Å². The second-order valence-corrected chi connectivity index (χ2v) is 11.5. The van der Waals surface area contributed by atoms with Gasteiger partial charge in [-0.2, -0.15) is 0 Å². The fourth-order valence-electron chi connectivity index (χ4n) is 5.08. The van der Waals surface area contributed by atoms with Crippen molar-refractivity contribution in [3.63, 3.8) is 0 Å². The van der Waals surface area contributed by atoms with Crippen LogP contribution >= 0.6 is 0 Å². The Labute approximate surface area is 201 Å². The largest absolute Gasteiger partial charge is 0.490 e. The third-order valence-electron chi connectivity index (χ3n) is 7.05. The first-order valence-corrected chi connectivity index (χ1v) is 13.9. The number of sulfonamides is 1. The van der Waals surface area contributed by atoms with Crippen LogP contribution in [0.1, 0.15) is 68.6 Å². The molecule has 0 bridgehead atoms. The minimum atomic E-state index is -3.46. The fourth-order valence-corrected chi connectivity index (χ4v) is 5.71. The highest BCUT2D eigenvalue weighted by Crippen LogP contribution is 2.32. The monoisotopic (exact) mass is 493 g/mol. The number of anilines is 1. The summed E-state index contributed by atoms with van der Waals surface area (Å²) in [5.41, 5.74) is 0.637. The molecule has 1 aromatic rings. The maximum atomic E-state index is 13.3. The Hall–Kier alpha value is -2.33. The van der Waals surface area contributed by atoms with E-state index in [4.69, 9.17) is 9.47 Å². The third kappa shape index (κ3) is 5.83. The van der Waals surface area contributed by atoms with Crippen LogP contribution in [0.4, 0.5) is 5.69 Å². The second kappa shape index (κ2) is 10.5. The number of fused-ring (bicyclic) bond motifs is 2. The van der Waals surface area contributed by atoms with Crippen molar-refractivity contribution in [2.45, 2.75) is 82.6 Å². The Bertz CT molecular complexity index is 1010. The number of rotatable bonds is 6. The van der Waals surface area contributed by atoms with Gasteiger partial charge >= 0.3 is 0 Å². The number of nitrogens with one attached hydrogen (secondary N) is 2. The number of ether oxygens (including phenoxy) is 2. The molecule has 3 aliphatic rings. The van der Waals surface area contributed by atoms with Crippen LogP contribution in [-0.4, -0.2) is 68.8 Å². The van der Waals surface area contributed by atoms with E-state index in [0.29, 0.717) is 36.3 Å². The number of hydrogen-bond donors (Lipinski definition) is 2. The average molecular weight is 494 g/mol. The van der Waals surface area contributed by atoms with Crippen molar-refractivity contribution in [3.05, 3.63) is 23.8 Å². The van der Waals surface area contributed by atoms with Gasteiger partial charge in [0.2, 0.25) is 15.9 Å². The maximum Gasteiger partial charge on any atom is 0.257 e. The van der Waals surface area contributed by atoms with Gasteiger partial charge in [-0.05, 0) is 50.8 Å². The first-order valence-electron chi connectivity index (χ1n) is 12.2. The van der Waals surface area contributed by atoms with Crippen LogP contribution in [-0.2, 0) is 19.6 Å². The summed E-state index contributed by atoms with van der Waals surface area (Å²) in [5, 5.41) is 3.15. The third-order valence-corrected chi connectivity index (χ3v) is 8.36. The second-order valence-electron chi connectivity index (χ2n) is 9.49. The lowest BCUT2D eigenvalue weighted by atomic mass is 9.93. The van der Waals surface area contributed by atoms with Crippen molar-refractivity contribution in [2.24, 2.45) is 0 Å². The molecule has 1 aromatic carbocycles. The van der Waals surface area contributed by atoms with Gasteiger partial charge in [0.25, 0.3) is 5.91 Å². The molecule has 34 heavy (non-hydrogen) atoms. The molecule has 4 rings (SSSR count). The number of hydrogen-bond acceptors (Lipinski definition) is 6. The molecular weight excluding hydrogens is 458 g/mol. The quantitative estimate of drug-likeness (QED) is 0.630. The van der Waals surface area contributed by atoms with Crippen LogP contribution in [0.2, 0.25) is 0 Å². The van der Waals surface area contributed by atoms with Crippen LogP contribution in [0, 0.1) is 0 Å². The molecule has 0 aromatic heterocycles. The molecule has 188 valence electrons. The molecule has 0 spiro atoms. The summed E-state index contributed by atoms with van der Waals surface area (Å²) >= 11 is 0. The Morgan fingerprint density at radius 1 is 1.15 bits per heavy atom. The molecule has 9 nitrogen and oxygen atoms in total. The van der Waals surface area contributed by atoms with Crippen molar-refractivity contribution in [3.8, 4) is 5.75 Å². The molecule has 2 aliphatic heterocycles. The zero-order chi connectivity index (χ0) is 24.3. The zero-order valence-corrected chi connectivity index (χ0v) is 20.7. The SMILES string of the molecule is CCS(=O)(=O)Nc1ccc2c(c1)C(=O)N(C)[C@H]1CC[C@@H](CC(=O)NC3CCCCC3)O[C@@H]1CO2. The molecule has 2 N–H and O–H groups in total. The predicted octanol–water partition coefficient (Wildman–Crippen LogP) is 2.67. The highest BCUT2D eigenvalue weighted by atomic mass is 32.2. The van der Waals surface area contributed by atoms with Gasteiger partial charge in [-0.3, -0.25) is 14.3 Å². The minimum Gasteiger partial charge on any atom is -0.490 e. The number of likely N-dealkylation sites (N-methyl/N-ethyl adjacent to an activating group) is 1. The number of amides is 2. The van der Waals surface area contributed by atoms with Crippen molar-refractivity contribution in [1.82, 2.24) is 10.2 Å². The molecule has 0 unspecified atom stereocenters. The highest BCUT2D eigenvalue weighted by Gasteiger charge is 2.39. The lowest BCUT2D eigenvalue weighted by Crippen LogP contribution is -2.54. The summed E-state index contributed by atoms with van der Waals surface area (Å²) in [4.78, 5) is 27.5. The Kier molecular flexibility index (Phi) is 7.67. The number of nitrogens with zero attached hydrogens (tertiary/aromatic N) is 1. The van der Waals surface area contributed by atoms with E-state index in [9.17, 15) is 18.0 Å². The van der Waals surface area contributed by atoms with Gasteiger partial charge in [0, 0.05) is 18.8 Å². The van der Waals surface area contributed by atoms with E-state index in [1.54, 1.807) is 31.0 Å². The average Bonchev–Trinajstić information content (AvgIpc) is 2.82. The molecule has 10 heteroatoms.